The third-order valence-corrected chi connectivity index (χ3v) is 4.97. The summed E-state index contributed by atoms with van der Waals surface area (Å²) in [6, 6.07) is 4.45. The Labute approximate surface area is 178 Å². The van der Waals surface area contributed by atoms with E-state index in [9.17, 15) is 24.8 Å². The van der Waals surface area contributed by atoms with Crippen LogP contribution in [0.2, 0.25) is 0 Å². The number of non-ortho nitro benzene ring substituents is 1. The molecule has 0 radical (unpaired) electrons. The van der Waals surface area contributed by atoms with Crippen LogP contribution in [0.25, 0.3) is 0 Å². The summed E-state index contributed by atoms with van der Waals surface area (Å²) in [5, 5.41) is 25.5. The predicted octanol–water partition coefficient (Wildman–Crippen LogP) is 4.89. The fourth-order valence-electron chi connectivity index (χ4n) is 3.20. The molecule has 0 bridgehead atoms. The third-order valence-electron chi connectivity index (χ3n) is 4.97. The lowest BCUT2D eigenvalue weighted by molar-refractivity contribution is -0.384. The molecule has 1 atom stereocenters. The number of amides is 1. The number of hydrogen-bond donors (Lipinski definition) is 3. The Morgan fingerprint density at radius 1 is 0.967 bits per heavy atom. The molecule has 0 heterocycles. The predicted molar refractivity (Wildman–Crippen MR) is 118 cm³/mol. The summed E-state index contributed by atoms with van der Waals surface area (Å²) in [6.45, 7) is 2.77. The van der Waals surface area contributed by atoms with E-state index in [1.807, 2.05) is 0 Å². The van der Waals surface area contributed by atoms with Gasteiger partial charge in [0.25, 0.3) is 5.69 Å². The Bertz CT molecular complexity index is 649. The summed E-state index contributed by atoms with van der Waals surface area (Å²) in [5.41, 5.74) is 0.319. The minimum atomic E-state index is -1.07. The van der Waals surface area contributed by atoms with Crippen molar-refractivity contribution in [1.82, 2.24) is 5.32 Å². The maximum atomic E-state index is 12.1. The number of nitrogens with one attached hydrogen (secondary N) is 2. The van der Waals surface area contributed by atoms with Crippen molar-refractivity contribution in [2.45, 2.75) is 83.6 Å². The van der Waals surface area contributed by atoms with Gasteiger partial charge in [-0.3, -0.25) is 19.7 Å². The molecule has 0 saturated carbocycles. The van der Waals surface area contributed by atoms with Crippen LogP contribution in [-0.4, -0.2) is 34.5 Å². The van der Waals surface area contributed by atoms with E-state index in [2.05, 4.69) is 17.6 Å². The average molecular weight is 422 g/mol. The Morgan fingerprint density at radius 3 is 2.00 bits per heavy atom. The molecule has 0 aliphatic heterocycles. The number of carbonyl (C=O) groups is 2. The second-order valence-electron chi connectivity index (χ2n) is 7.58. The highest BCUT2D eigenvalue weighted by atomic mass is 16.6. The van der Waals surface area contributed by atoms with E-state index in [1.165, 1.54) is 69.2 Å². The SMILES string of the molecule is CCCCCCCCCCCCNC(CC(=O)Nc1ccc([N+](=O)[O-])cc1)C(=O)O. The molecule has 30 heavy (non-hydrogen) atoms. The van der Waals surface area contributed by atoms with Crippen LogP contribution in [0.3, 0.4) is 0 Å². The van der Waals surface area contributed by atoms with Crippen molar-refractivity contribution in [3.8, 4) is 0 Å². The van der Waals surface area contributed by atoms with E-state index in [4.69, 9.17) is 0 Å². The molecule has 1 unspecified atom stereocenters. The number of carbonyl (C=O) groups excluding carboxylic acids is 1. The first-order chi connectivity index (χ1) is 14.4. The first-order valence-electron chi connectivity index (χ1n) is 10.9. The van der Waals surface area contributed by atoms with Gasteiger partial charge in [0.05, 0.1) is 11.3 Å². The van der Waals surface area contributed by atoms with Crippen molar-refractivity contribution in [3.05, 3.63) is 34.4 Å². The maximum absolute atomic E-state index is 12.1. The van der Waals surface area contributed by atoms with Crippen LogP contribution in [0.4, 0.5) is 11.4 Å². The molecule has 0 saturated heterocycles. The molecule has 8 heteroatoms. The van der Waals surface area contributed by atoms with Crippen molar-refractivity contribution in [2.75, 3.05) is 11.9 Å². The Morgan fingerprint density at radius 2 is 1.50 bits per heavy atom. The first kappa shape index (κ1) is 25.6. The number of carboxylic acids is 1. The van der Waals surface area contributed by atoms with Gasteiger partial charge in [0.15, 0.2) is 0 Å². The molecule has 1 aromatic carbocycles. The number of aliphatic carboxylic acids is 1. The molecular formula is C22H35N3O5. The van der Waals surface area contributed by atoms with Gasteiger partial charge in [-0.25, -0.2) is 0 Å². The molecule has 1 amide bonds. The smallest absolute Gasteiger partial charge is 0.321 e. The summed E-state index contributed by atoms with van der Waals surface area (Å²) < 4.78 is 0. The van der Waals surface area contributed by atoms with E-state index < -0.39 is 22.8 Å². The van der Waals surface area contributed by atoms with Gasteiger partial charge in [-0.2, -0.15) is 0 Å². The topological polar surface area (TPSA) is 122 Å². The van der Waals surface area contributed by atoms with E-state index >= 15 is 0 Å². The van der Waals surface area contributed by atoms with Gasteiger partial charge in [0.2, 0.25) is 5.91 Å². The zero-order valence-electron chi connectivity index (χ0n) is 17.9. The molecule has 3 N–H and O–H groups in total. The van der Waals surface area contributed by atoms with Crippen molar-refractivity contribution in [2.24, 2.45) is 0 Å². The lowest BCUT2D eigenvalue weighted by atomic mass is 10.1. The van der Waals surface area contributed by atoms with Crippen molar-refractivity contribution >= 4 is 23.3 Å². The number of anilines is 1. The molecule has 0 aliphatic rings. The quantitative estimate of drug-likeness (QED) is 0.187. The second-order valence-corrected chi connectivity index (χ2v) is 7.58. The molecule has 168 valence electrons. The van der Waals surface area contributed by atoms with Crippen LogP contribution in [-0.2, 0) is 9.59 Å². The number of unbranched alkanes of at least 4 members (excludes halogenated alkanes) is 9. The zero-order valence-corrected chi connectivity index (χ0v) is 17.9. The van der Waals surface area contributed by atoms with Gasteiger partial charge < -0.3 is 15.7 Å². The lowest BCUT2D eigenvalue weighted by Gasteiger charge is -2.14. The highest BCUT2D eigenvalue weighted by molar-refractivity contribution is 5.94. The first-order valence-corrected chi connectivity index (χ1v) is 10.9. The largest absolute Gasteiger partial charge is 0.480 e. The summed E-state index contributed by atoms with van der Waals surface area (Å²) in [7, 11) is 0. The van der Waals surface area contributed by atoms with Crippen LogP contribution in [0.15, 0.2) is 24.3 Å². The normalized spacial score (nSPS) is 11.8. The van der Waals surface area contributed by atoms with Crippen LogP contribution in [0.1, 0.15) is 77.6 Å². The molecular weight excluding hydrogens is 386 g/mol. The fourth-order valence-corrected chi connectivity index (χ4v) is 3.20. The fraction of sp³-hybridized carbons (Fsp3) is 0.636. The van der Waals surface area contributed by atoms with Gasteiger partial charge in [-0.1, -0.05) is 64.7 Å². The highest BCUT2D eigenvalue weighted by Gasteiger charge is 2.20. The van der Waals surface area contributed by atoms with Crippen molar-refractivity contribution in [1.29, 1.82) is 0 Å². The third kappa shape index (κ3) is 11.5. The number of nitro benzene ring substituents is 1. The number of carboxylic acid groups (broad SMARTS) is 1. The molecule has 0 aliphatic carbocycles. The minimum Gasteiger partial charge on any atom is -0.480 e. The molecule has 8 nitrogen and oxygen atoms in total. The molecule has 1 aromatic rings. The average Bonchev–Trinajstić information content (AvgIpc) is 2.71. The van der Waals surface area contributed by atoms with E-state index in [1.54, 1.807) is 0 Å². The molecule has 0 spiro atoms. The Hall–Kier alpha value is -2.48. The number of benzene rings is 1. The lowest BCUT2D eigenvalue weighted by Crippen LogP contribution is -2.40. The van der Waals surface area contributed by atoms with Gasteiger partial charge in [0.1, 0.15) is 6.04 Å². The van der Waals surface area contributed by atoms with Crippen molar-refractivity contribution < 1.29 is 19.6 Å². The number of rotatable bonds is 17. The Kier molecular flexibility index (Phi) is 13.1. The maximum Gasteiger partial charge on any atom is 0.321 e. The Balaban J connectivity index is 2.20. The standard InChI is InChI=1S/C22H35N3O5/c1-2-3-4-5-6-7-8-9-10-11-16-23-20(22(27)28)17-21(26)24-18-12-14-19(15-13-18)25(29)30/h12-15,20,23H,2-11,16-17H2,1H3,(H,24,26)(H,27,28). The van der Waals surface area contributed by atoms with E-state index in [0.29, 0.717) is 12.2 Å². The number of nitrogens with zero attached hydrogens (tertiary/aromatic N) is 1. The summed E-state index contributed by atoms with van der Waals surface area (Å²) in [4.78, 5) is 33.6. The minimum absolute atomic E-state index is 0.0745. The van der Waals surface area contributed by atoms with Crippen LogP contribution in [0.5, 0.6) is 0 Å². The van der Waals surface area contributed by atoms with Gasteiger partial charge >= 0.3 is 5.97 Å². The monoisotopic (exact) mass is 421 g/mol. The number of nitro groups is 1. The van der Waals surface area contributed by atoms with E-state index in [-0.39, 0.29) is 12.1 Å². The number of hydrogen-bond acceptors (Lipinski definition) is 5. The van der Waals surface area contributed by atoms with Gasteiger partial charge in [-0.05, 0) is 25.1 Å². The molecule has 1 rings (SSSR count). The summed E-state index contributed by atoms with van der Waals surface area (Å²) in [6.07, 6.45) is 11.9. The second kappa shape index (κ2) is 15.4. The molecule has 0 fully saturated rings. The highest BCUT2D eigenvalue weighted by Crippen LogP contribution is 2.16. The summed E-state index contributed by atoms with van der Waals surface area (Å²) >= 11 is 0. The van der Waals surface area contributed by atoms with Crippen LogP contribution < -0.4 is 10.6 Å². The van der Waals surface area contributed by atoms with Gasteiger partial charge in [0, 0.05) is 17.8 Å². The van der Waals surface area contributed by atoms with Crippen molar-refractivity contribution in [3.63, 3.8) is 0 Å². The van der Waals surface area contributed by atoms with Gasteiger partial charge in [-0.15, -0.1) is 0 Å². The van der Waals surface area contributed by atoms with Crippen LogP contribution in [0, 0.1) is 10.1 Å². The van der Waals surface area contributed by atoms with Crippen LogP contribution >= 0.6 is 0 Å². The summed E-state index contributed by atoms with van der Waals surface area (Å²) in [5.74, 6) is -1.52. The molecule has 0 aromatic heterocycles. The van der Waals surface area contributed by atoms with E-state index in [0.717, 1.165) is 19.3 Å². The zero-order chi connectivity index (χ0) is 22.2.